The molecule has 0 aromatic heterocycles. The summed E-state index contributed by atoms with van der Waals surface area (Å²) in [6.45, 7) is -0.271. The van der Waals surface area contributed by atoms with Gasteiger partial charge in [-0.1, -0.05) is 18.2 Å². The molecule has 0 saturated heterocycles. The van der Waals surface area contributed by atoms with Crippen LogP contribution in [-0.2, 0) is 6.61 Å². The molecule has 0 aliphatic carbocycles. The molecule has 2 rings (SSSR count). The van der Waals surface area contributed by atoms with Gasteiger partial charge in [0.1, 0.15) is 11.6 Å². The van der Waals surface area contributed by atoms with Gasteiger partial charge in [-0.25, -0.2) is 8.78 Å². The molecule has 0 atom stereocenters. The summed E-state index contributed by atoms with van der Waals surface area (Å²) in [5.41, 5.74) is 1.24. The third-order valence-corrected chi connectivity index (χ3v) is 2.77. The molecule has 0 aliphatic heterocycles. The van der Waals surface area contributed by atoms with E-state index >= 15 is 0 Å². The van der Waals surface area contributed by atoms with Crippen LogP contribution >= 0.6 is 0 Å². The van der Waals surface area contributed by atoms with E-state index in [0.29, 0.717) is 11.3 Å². The van der Waals surface area contributed by atoms with Crippen molar-refractivity contribution in [1.82, 2.24) is 0 Å². The fraction of sp³-hybridized carbons (Fsp3) is 0.143. The maximum atomic E-state index is 13.8. The van der Waals surface area contributed by atoms with Crippen molar-refractivity contribution in [2.24, 2.45) is 0 Å². The van der Waals surface area contributed by atoms with Crippen LogP contribution in [0.3, 0.4) is 0 Å². The molecule has 0 spiro atoms. The molecule has 18 heavy (non-hydrogen) atoms. The number of hydrogen-bond donors (Lipinski definition) is 1. The zero-order valence-electron chi connectivity index (χ0n) is 9.90. The third-order valence-electron chi connectivity index (χ3n) is 2.77. The fourth-order valence-corrected chi connectivity index (χ4v) is 1.88. The zero-order valence-corrected chi connectivity index (χ0v) is 9.90. The number of para-hydroxylation sites is 1. The lowest BCUT2D eigenvalue weighted by atomic mass is 10.1. The van der Waals surface area contributed by atoms with E-state index in [4.69, 9.17) is 0 Å². The third kappa shape index (κ3) is 2.33. The molecule has 0 saturated carbocycles. The Hall–Kier alpha value is -1.94. The Kier molecular flexibility index (Phi) is 3.58. The van der Waals surface area contributed by atoms with Gasteiger partial charge in [-0.15, -0.1) is 0 Å². The molecule has 0 radical (unpaired) electrons. The first-order valence-electron chi connectivity index (χ1n) is 5.51. The minimum Gasteiger partial charge on any atom is -0.392 e. The quantitative estimate of drug-likeness (QED) is 0.902. The summed E-state index contributed by atoms with van der Waals surface area (Å²) in [5.74, 6) is -0.838. The molecule has 0 unspecified atom stereocenters. The first-order valence-corrected chi connectivity index (χ1v) is 5.51. The first-order chi connectivity index (χ1) is 8.63. The van der Waals surface area contributed by atoms with Crippen molar-refractivity contribution in [1.29, 1.82) is 0 Å². The number of nitrogens with zero attached hydrogens (tertiary/aromatic N) is 1. The maximum absolute atomic E-state index is 13.8. The molecule has 1 N–H and O–H groups in total. The van der Waals surface area contributed by atoms with E-state index in [0.717, 1.165) is 0 Å². The number of anilines is 2. The second kappa shape index (κ2) is 5.14. The Morgan fingerprint density at radius 3 is 2.50 bits per heavy atom. The smallest absolute Gasteiger partial charge is 0.147 e. The van der Waals surface area contributed by atoms with Crippen molar-refractivity contribution in [3.8, 4) is 0 Å². The molecule has 0 aliphatic rings. The number of hydrogen-bond acceptors (Lipinski definition) is 2. The second-order valence-electron chi connectivity index (χ2n) is 3.94. The normalized spacial score (nSPS) is 10.4. The van der Waals surface area contributed by atoms with Crippen LogP contribution in [0.5, 0.6) is 0 Å². The van der Waals surface area contributed by atoms with Gasteiger partial charge in [0.2, 0.25) is 0 Å². The van der Waals surface area contributed by atoms with Crippen LogP contribution in [0.1, 0.15) is 5.56 Å². The standard InChI is InChI=1S/C14H13F2NO/c1-17(12-6-3-5-11(15)8-12)14-10(9-18)4-2-7-13(14)16/h2-8,18H,9H2,1H3. The number of aliphatic hydroxyl groups excluding tert-OH is 1. The highest BCUT2D eigenvalue weighted by Crippen LogP contribution is 2.30. The van der Waals surface area contributed by atoms with Crippen molar-refractivity contribution in [3.63, 3.8) is 0 Å². The van der Waals surface area contributed by atoms with Crippen LogP contribution in [0.4, 0.5) is 20.2 Å². The van der Waals surface area contributed by atoms with E-state index in [1.165, 1.54) is 29.2 Å². The highest BCUT2D eigenvalue weighted by molar-refractivity contribution is 5.66. The summed E-state index contributed by atoms with van der Waals surface area (Å²) in [7, 11) is 1.63. The van der Waals surface area contributed by atoms with Gasteiger partial charge < -0.3 is 10.0 Å². The molecular formula is C14H13F2NO. The lowest BCUT2D eigenvalue weighted by Gasteiger charge is -2.22. The second-order valence-corrected chi connectivity index (χ2v) is 3.94. The van der Waals surface area contributed by atoms with Gasteiger partial charge in [-0.3, -0.25) is 0 Å². The van der Waals surface area contributed by atoms with Crippen molar-refractivity contribution < 1.29 is 13.9 Å². The predicted molar refractivity (Wildman–Crippen MR) is 66.8 cm³/mol. The average molecular weight is 249 g/mol. The summed E-state index contributed by atoms with van der Waals surface area (Å²) in [6.07, 6.45) is 0. The van der Waals surface area contributed by atoms with Gasteiger partial charge >= 0.3 is 0 Å². The Labute approximate surface area is 104 Å². The van der Waals surface area contributed by atoms with Gasteiger partial charge in [0, 0.05) is 18.3 Å². The molecule has 2 aromatic rings. The molecular weight excluding hydrogens is 236 g/mol. The summed E-state index contributed by atoms with van der Waals surface area (Å²) in [6, 6.07) is 10.3. The topological polar surface area (TPSA) is 23.5 Å². The predicted octanol–water partition coefficient (Wildman–Crippen LogP) is 3.23. The maximum Gasteiger partial charge on any atom is 0.147 e. The molecule has 2 aromatic carbocycles. The van der Waals surface area contributed by atoms with Gasteiger partial charge in [0.05, 0.1) is 12.3 Å². The Morgan fingerprint density at radius 1 is 1.11 bits per heavy atom. The number of benzene rings is 2. The minimum absolute atomic E-state index is 0.255. The van der Waals surface area contributed by atoms with Crippen LogP contribution in [0.25, 0.3) is 0 Å². The lowest BCUT2D eigenvalue weighted by Crippen LogP contribution is -2.14. The SMILES string of the molecule is CN(c1cccc(F)c1)c1c(F)cccc1CO. The monoisotopic (exact) mass is 249 g/mol. The zero-order chi connectivity index (χ0) is 13.1. The summed E-state index contributed by atoms with van der Waals surface area (Å²) in [4.78, 5) is 1.52. The Morgan fingerprint density at radius 2 is 1.83 bits per heavy atom. The fourth-order valence-electron chi connectivity index (χ4n) is 1.88. The van der Waals surface area contributed by atoms with E-state index in [1.807, 2.05) is 0 Å². The van der Waals surface area contributed by atoms with Crippen LogP contribution in [-0.4, -0.2) is 12.2 Å². The van der Waals surface area contributed by atoms with E-state index in [-0.39, 0.29) is 18.1 Å². The molecule has 0 fully saturated rings. The van der Waals surface area contributed by atoms with Crippen molar-refractivity contribution >= 4 is 11.4 Å². The van der Waals surface area contributed by atoms with Crippen LogP contribution in [0, 0.1) is 11.6 Å². The molecule has 4 heteroatoms. The lowest BCUT2D eigenvalue weighted by molar-refractivity contribution is 0.281. The number of halogens is 2. The highest BCUT2D eigenvalue weighted by Gasteiger charge is 2.14. The first kappa shape index (κ1) is 12.5. The van der Waals surface area contributed by atoms with E-state index < -0.39 is 5.82 Å². The summed E-state index contributed by atoms with van der Waals surface area (Å²) in [5, 5.41) is 9.23. The van der Waals surface area contributed by atoms with Gasteiger partial charge in [0.15, 0.2) is 0 Å². The molecule has 94 valence electrons. The Balaban J connectivity index is 2.48. The Bertz CT molecular complexity index is 557. The van der Waals surface area contributed by atoms with Gasteiger partial charge in [-0.05, 0) is 24.3 Å². The van der Waals surface area contributed by atoms with Crippen LogP contribution in [0.15, 0.2) is 42.5 Å². The highest BCUT2D eigenvalue weighted by atomic mass is 19.1. The van der Waals surface area contributed by atoms with E-state index in [2.05, 4.69) is 0 Å². The molecule has 2 nitrogen and oxygen atoms in total. The largest absolute Gasteiger partial charge is 0.392 e. The molecule has 0 heterocycles. The summed E-state index contributed by atoms with van der Waals surface area (Å²) < 4.78 is 27.0. The molecule has 0 bridgehead atoms. The minimum atomic E-state index is -0.451. The van der Waals surface area contributed by atoms with Gasteiger partial charge in [0.25, 0.3) is 0 Å². The van der Waals surface area contributed by atoms with E-state index in [9.17, 15) is 13.9 Å². The van der Waals surface area contributed by atoms with Crippen LogP contribution < -0.4 is 4.90 Å². The van der Waals surface area contributed by atoms with Crippen molar-refractivity contribution in [3.05, 3.63) is 59.7 Å². The van der Waals surface area contributed by atoms with E-state index in [1.54, 1.807) is 25.2 Å². The number of aliphatic hydroxyl groups is 1. The summed E-state index contributed by atoms with van der Waals surface area (Å²) >= 11 is 0. The average Bonchev–Trinajstić information content (AvgIpc) is 2.37. The van der Waals surface area contributed by atoms with Gasteiger partial charge in [-0.2, -0.15) is 0 Å². The van der Waals surface area contributed by atoms with Crippen molar-refractivity contribution in [2.45, 2.75) is 6.61 Å². The number of rotatable bonds is 3. The molecule has 0 amide bonds. The van der Waals surface area contributed by atoms with Crippen molar-refractivity contribution in [2.75, 3.05) is 11.9 Å². The van der Waals surface area contributed by atoms with Crippen LogP contribution in [0.2, 0.25) is 0 Å².